The molecule has 0 atom stereocenters. The van der Waals surface area contributed by atoms with Crippen LogP contribution in [0.25, 0.3) is 0 Å². The molecule has 0 unspecified atom stereocenters. The zero-order valence-electron chi connectivity index (χ0n) is 11.0. The van der Waals surface area contributed by atoms with E-state index in [1.807, 2.05) is 6.07 Å². The maximum Gasteiger partial charge on any atom is 0.232 e. The van der Waals surface area contributed by atoms with Gasteiger partial charge in [-0.15, -0.1) is 0 Å². The molecule has 1 aromatic rings. The highest BCUT2D eigenvalue weighted by molar-refractivity contribution is 5.90. The van der Waals surface area contributed by atoms with Crippen LogP contribution in [0, 0.1) is 16.7 Å². The Kier molecular flexibility index (Phi) is 1.59. The van der Waals surface area contributed by atoms with Gasteiger partial charge in [0.1, 0.15) is 0 Å². The molecule has 4 fully saturated rings. The number of fused-ring (bicyclic) bond motifs is 1. The Morgan fingerprint density at radius 1 is 1.26 bits per heavy atom. The number of hydrogen-bond acceptors (Lipinski definition) is 2. The molecule has 1 aromatic heterocycles. The number of nitrogens with zero attached hydrogens (tertiary/aromatic N) is 1. The smallest absolute Gasteiger partial charge is 0.232 e. The van der Waals surface area contributed by atoms with Gasteiger partial charge in [0.2, 0.25) is 5.91 Å². The number of nitrogens with one attached hydrogen (secondary N) is 2. The summed E-state index contributed by atoms with van der Waals surface area (Å²) in [5.74, 6) is 1.01. The van der Waals surface area contributed by atoms with Crippen molar-refractivity contribution in [1.29, 1.82) is 0 Å². The quantitative estimate of drug-likeness (QED) is 0.863. The molecule has 4 nitrogen and oxygen atoms in total. The summed E-state index contributed by atoms with van der Waals surface area (Å²) in [6.07, 6.45) is 9.32. The SMILES string of the molecule is O=C(NCC1C2(CC2)C12CC2)C1(c2ccn[nH]2)CC1. The summed E-state index contributed by atoms with van der Waals surface area (Å²) in [4.78, 5) is 12.5. The average Bonchev–Trinajstić information content (AvgIpc) is 3.27. The van der Waals surface area contributed by atoms with E-state index in [4.69, 9.17) is 0 Å². The van der Waals surface area contributed by atoms with E-state index in [1.165, 1.54) is 25.7 Å². The molecule has 1 amide bonds. The molecule has 4 heteroatoms. The van der Waals surface area contributed by atoms with Crippen molar-refractivity contribution in [2.75, 3.05) is 6.54 Å². The van der Waals surface area contributed by atoms with Crippen molar-refractivity contribution in [3.8, 4) is 0 Å². The summed E-state index contributed by atoms with van der Waals surface area (Å²) in [6, 6.07) is 1.94. The Hall–Kier alpha value is -1.32. The lowest BCUT2D eigenvalue weighted by Crippen LogP contribution is -2.36. The third kappa shape index (κ3) is 1.12. The lowest BCUT2D eigenvalue weighted by molar-refractivity contribution is -0.123. The lowest BCUT2D eigenvalue weighted by Gasteiger charge is -2.13. The third-order valence-electron chi connectivity index (χ3n) is 6.49. The van der Waals surface area contributed by atoms with Crippen molar-refractivity contribution in [3.05, 3.63) is 18.0 Å². The molecule has 0 bridgehead atoms. The first-order valence-corrected chi connectivity index (χ1v) is 7.52. The zero-order valence-corrected chi connectivity index (χ0v) is 11.0. The van der Waals surface area contributed by atoms with Crippen molar-refractivity contribution in [2.45, 2.75) is 43.9 Å². The van der Waals surface area contributed by atoms with Crippen LogP contribution < -0.4 is 5.32 Å². The summed E-state index contributed by atoms with van der Waals surface area (Å²) in [5.41, 5.74) is 2.08. The monoisotopic (exact) mass is 257 g/mol. The van der Waals surface area contributed by atoms with Crippen LogP contribution in [0.4, 0.5) is 0 Å². The van der Waals surface area contributed by atoms with Crippen LogP contribution >= 0.6 is 0 Å². The predicted molar refractivity (Wildman–Crippen MR) is 69.3 cm³/mol. The zero-order chi connectivity index (χ0) is 12.7. The van der Waals surface area contributed by atoms with Gasteiger partial charge in [-0.05, 0) is 61.3 Å². The number of carbonyl (C=O) groups is 1. The van der Waals surface area contributed by atoms with Gasteiger partial charge in [0.25, 0.3) is 0 Å². The average molecular weight is 257 g/mol. The normalized spacial score (nSPS) is 30.3. The van der Waals surface area contributed by atoms with E-state index in [-0.39, 0.29) is 11.3 Å². The molecule has 19 heavy (non-hydrogen) atoms. The molecule has 0 aromatic carbocycles. The highest BCUT2D eigenvalue weighted by atomic mass is 16.2. The minimum absolute atomic E-state index is 0.218. The third-order valence-corrected chi connectivity index (χ3v) is 6.49. The fraction of sp³-hybridized carbons (Fsp3) is 0.733. The van der Waals surface area contributed by atoms with Crippen LogP contribution in [0.3, 0.4) is 0 Å². The van der Waals surface area contributed by atoms with Crippen molar-refractivity contribution in [2.24, 2.45) is 16.7 Å². The van der Waals surface area contributed by atoms with Gasteiger partial charge in [0, 0.05) is 12.7 Å². The number of H-pyrrole nitrogens is 1. The summed E-state index contributed by atoms with van der Waals surface area (Å²) in [7, 11) is 0. The highest BCUT2D eigenvalue weighted by Gasteiger charge is 2.86. The molecule has 4 saturated carbocycles. The van der Waals surface area contributed by atoms with Crippen molar-refractivity contribution >= 4 is 5.91 Å². The van der Waals surface area contributed by atoms with Gasteiger partial charge in [0.05, 0.1) is 11.1 Å². The van der Waals surface area contributed by atoms with Crippen LogP contribution in [0.15, 0.2) is 12.3 Å². The topological polar surface area (TPSA) is 57.8 Å². The molecule has 0 aliphatic heterocycles. The number of aromatic nitrogens is 2. The van der Waals surface area contributed by atoms with Crippen LogP contribution in [-0.2, 0) is 10.2 Å². The maximum atomic E-state index is 12.5. The van der Waals surface area contributed by atoms with E-state index in [2.05, 4.69) is 15.5 Å². The molecule has 100 valence electrons. The van der Waals surface area contributed by atoms with Crippen LogP contribution in [-0.4, -0.2) is 22.6 Å². The summed E-state index contributed by atoms with van der Waals surface area (Å²) in [6.45, 7) is 0.911. The molecule has 1 heterocycles. The van der Waals surface area contributed by atoms with Gasteiger partial charge in [-0.2, -0.15) is 5.10 Å². The summed E-state index contributed by atoms with van der Waals surface area (Å²) < 4.78 is 0. The van der Waals surface area contributed by atoms with E-state index < -0.39 is 0 Å². The fourth-order valence-corrected chi connectivity index (χ4v) is 4.82. The second kappa shape index (κ2) is 2.89. The fourth-order valence-electron chi connectivity index (χ4n) is 4.82. The van der Waals surface area contributed by atoms with Gasteiger partial charge in [-0.3, -0.25) is 9.89 Å². The second-order valence-corrected chi connectivity index (χ2v) is 7.13. The van der Waals surface area contributed by atoms with E-state index in [9.17, 15) is 4.79 Å². The highest BCUT2D eigenvalue weighted by Crippen LogP contribution is 2.92. The number of aromatic amines is 1. The number of amides is 1. The summed E-state index contributed by atoms with van der Waals surface area (Å²) >= 11 is 0. The minimum Gasteiger partial charge on any atom is -0.355 e. The van der Waals surface area contributed by atoms with Gasteiger partial charge in [-0.1, -0.05) is 0 Å². The molecule has 0 saturated heterocycles. The Labute approximate surface area is 112 Å². The molecular weight excluding hydrogens is 238 g/mol. The summed E-state index contributed by atoms with van der Waals surface area (Å²) in [5, 5.41) is 10.2. The number of hydrogen-bond donors (Lipinski definition) is 2. The van der Waals surface area contributed by atoms with Gasteiger partial charge < -0.3 is 5.32 Å². The van der Waals surface area contributed by atoms with E-state index >= 15 is 0 Å². The number of carbonyl (C=O) groups excluding carboxylic acids is 1. The van der Waals surface area contributed by atoms with Crippen LogP contribution in [0.2, 0.25) is 0 Å². The molecule has 2 N–H and O–H groups in total. The van der Waals surface area contributed by atoms with Crippen molar-refractivity contribution < 1.29 is 4.79 Å². The molecule has 4 aliphatic rings. The van der Waals surface area contributed by atoms with Crippen LogP contribution in [0.1, 0.15) is 44.2 Å². The second-order valence-electron chi connectivity index (χ2n) is 7.13. The first-order valence-electron chi connectivity index (χ1n) is 7.52. The van der Waals surface area contributed by atoms with Gasteiger partial charge in [0.15, 0.2) is 0 Å². The van der Waals surface area contributed by atoms with Crippen LogP contribution in [0.5, 0.6) is 0 Å². The van der Waals surface area contributed by atoms with E-state index in [1.54, 1.807) is 6.20 Å². The Bertz CT molecular complexity index is 532. The van der Waals surface area contributed by atoms with Gasteiger partial charge in [-0.25, -0.2) is 0 Å². The van der Waals surface area contributed by atoms with Crippen molar-refractivity contribution in [1.82, 2.24) is 15.5 Å². The minimum atomic E-state index is -0.279. The lowest BCUT2D eigenvalue weighted by atomic mass is 10.0. The first kappa shape index (κ1) is 10.5. The van der Waals surface area contributed by atoms with E-state index in [0.29, 0.717) is 10.8 Å². The molecule has 5 rings (SSSR count). The molecule has 4 aliphatic carbocycles. The maximum absolute atomic E-state index is 12.5. The molecule has 0 radical (unpaired) electrons. The number of rotatable bonds is 4. The molecular formula is C15H19N3O. The largest absolute Gasteiger partial charge is 0.355 e. The van der Waals surface area contributed by atoms with Gasteiger partial charge >= 0.3 is 0 Å². The standard InChI is InChI=1S/C15H19N3O/c19-12(13(2-3-13)11-1-8-17-18-11)16-9-10-14(4-5-14)15(10)6-7-15/h1,8,10H,2-7,9H2,(H,16,19)(H,17,18). The van der Waals surface area contributed by atoms with E-state index in [0.717, 1.165) is 31.0 Å². The predicted octanol–water partition coefficient (Wildman–Crippen LogP) is 1.75. The Balaban J connectivity index is 1.27. The first-order chi connectivity index (χ1) is 9.24. The van der Waals surface area contributed by atoms with Crippen molar-refractivity contribution in [3.63, 3.8) is 0 Å². The molecule has 2 spiro atoms. The Morgan fingerprint density at radius 3 is 2.42 bits per heavy atom. The Morgan fingerprint density at radius 2 is 1.95 bits per heavy atom.